The summed E-state index contributed by atoms with van der Waals surface area (Å²) in [4.78, 5) is 12.4. The Bertz CT molecular complexity index is 470. The normalized spacial score (nSPS) is 17.3. The van der Waals surface area contributed by atoms with Crippen LogP contribution in [0.3, 0.4) is 0 Å². The van der Waals surface area contributed by atoms with E-state index in [9.17, 15) is 4.79 Å². The van der Waals surface area contributed by atoms with Gasteiger partial charge in [0.15, 0.2) is 5.78 Å². The molecule has 2 rings (SSSR count). The largest absolute Gasteiger partial charge is 0.378 e. The van der Waals surface area contributed by atoms with E-state index in [1.807, 2.05) is 26.0 Å². The molecular formula is C15H19BrO2. The predicted molar refractivity (Wildman–Crippen MR) is 76.2 cm³/mol. The summed E-state index contributed by atoms with van der Waals surface area (Å²) >= 11 is 3.49. The lowest BCUT2D eigenvalue weighted by Gasteiger charge is -2.40. The van der Waals surface area contributed by atoms with Crippen molar-refractivity contribution < 1.29 is 9.53 Å². The van der Waals surface area contributed by atoms with Crippen LogP contribution in [0.1, 0.15) is 47.2 Å². The predicted octanol–water partition coefficient (Wildman–Crippen LogP) is 4.21. The molecule has 2 nitrogen and oxygen atoms in total. The third-order valence-electron chi connectivity index (χ3n) is 3.99. The van der Waals surface area contributed by atoms with Gasteiger partial charge in [0.25, 0.3) is 0 Å². The van der Waals surface area contributed by atoms with Gasteiger partial charge in [-0.1, -0.05) is 15.9 Å². The molecular weight excluding hydrogens is 292 g/mol. The summed E-state index contributed by atoms with van der Waals surface area (Å²) in [6, 6.07) is 3.99. The van der Waals surface area contributed by atoms with Crippen LogP contribution < -0.4 is 0 Å². The minimum absolute atomic E-state index is 0.190. The lowest BCUT2D eigenvalue weighted by molar-refractivity contribution is -0.0704. The van der Waals surface area contributed by atoms with Crippen LogP contribution in [0.25, 0.3) is 0 Å². The Labute approximate surface area is 117 Å². The van der Waals surface area contributed by atoms with E-state index in [0.717, 1.165) is 34.0 Å². The van der Waals surface area contributed by atoms with E-state index in [1.165, 1.54) is 6.42 Å². The van der Waals surface area contributed by atoms with Crippen LogP contribution in [0.4, 0.5) is 0 Å². The number of rotatable bonds is 4. The highest BCUT2D eigenvalue weighted by molar-refractivity contribution is 9.10. The van der Waals surface area contributed by atoms with E-state index in [2.05, 4.69) is 15.9 Å². The summed E-state index contributed by atoms with van der Waals surface area (Å²) in [7, 11) is 1.71. The number of benzene rings is 1. The van der Waals surface area contributed by atoms with Crippen molar-refractivity contribution in [3.63, 3.8) is 0 Å². The molecule has 0 atom stereocenters. The van der Waals surface area contributed by atoms with Crippen LogP contribution in [0.15, 0.2) is 16.6 Å². The number of hydrogen-bond donors (Lipinski definition) is 0. The molecule has 98 valence electrons. The molecule has 0 spiro atoms. The summed E-state index contributed by atoms with van der Waals surface area (Å²) in [5.74, 6) is 0.199. The van der Waals surface area contributed by atoms with E-state index in [0.29, 0.717) is 6.42 Å². The monoisotopic (exact) mass is 310 g/mol. The number of carbonyl (C=O) groups is 1. The maximum atomic E-state index is 12.4. The molecule has 0 aromatic heterocycles. The Morgan fingerprint density at radius 2 is 2.00 bits per heavy atom. The van der Waals surface area contributed by atoms with Gasteiger partial charge in [-0.3, -0.25) is 4.79 Å². The van der Waals surface area contributed by atoms with Crippen molar-refractivity contribution >= 4 is 21.7 Å². The van der Waals surface area contributed by atoms with E-state index >= 15 is 0 Å². The highest BCUT2D eigenvalue weighted by Crippen LogP contribution is 2.39. The van der Waals surface area contributed by atoms with Gasteiger partial charge >= 0.3 is 0 Å². The van der Waals surface area contributed by atoms with Gasteiger partial charge < -0.3 is 4.74 Å². The summed E-state index contributed by atoms with van der Waals surface area (Å²) in [6.45, 7) is 3.99. The number of Topliss-reactive ketones (excluding diaryl/α,β-unsaturated/α-hetero) is 1. The fourth-order valence-corrected chi connectivity index (χ4v) is 2.95. The zero-order chi connectivity index (χ0) is 13.3. The van der Waals surface area contributed by atoms with Crippen LogP contribution >= 0.6 is 15.9 Å². The number of aryl methyl sites for hydroxylation is 2. The van der Waals surface area contributed by atoms with Crippen molar-refractivity contribution in [2.75, 3.05) is 7.11 Å². The fraction of sp³-hybridized carbons (Fsp3) is 0.533. The molecule has 3 heteroatoms. The SMILES string of the molecule is COC1(CC(=O)c2cc(C)c(Br)cc2C)CCC1. The molecule has 1 saturated carbocycles. The van der Waals surface area contributed by atoms with Crippen molar-refractivity contribution in [1.29, 1.82) is 0 Å². The van der Waals surface area contributed by atoms with E-state index in [1.54, 1.807) is 7.11 Å². The molecule has 18 heavy (non-hydrogen) atoms. The van der Waals surface area contributed by atoms with Gasteiger partial charge in [0, 0.05) is 23.6 Å². The first-order chi connectivity index (χ1) is 8.47. The number of methoxy groups -OCH3 is 1. The average molecular weight is 311 g/mol. The van der Waals surface area contributed by atoms with Crippen molar-refractivity contribution in [2.45, 2.75) is 45.1 Å². The van der Waals surface area contributed by atoms with E-state index in [-0.39, 0.29) is 11.4 Å². The van der Waals surface area contributed by atoms with Crippen LogP contribution in [-0.2, 0) is 4.74 Å². The zero-order valence-electron chi connectivity index (χ0n) is 11.2. The Morgan fingerprint density at radius 3 is 2.50 bits per heavy atom. The van der Waals surface area contributed by atoms with E-state index in [4.69, 9.17) is 4.74 Å². The number of halogens is 1. The second-order valence-electron chi connectivity index (χ2n) is 5.26. The van der Waals surface area contributed by atoms with Gasteiger partial charge in [0.2, 0.25) is 0 Å². The lowest BCUT2D eigenvalue weighted by Crippen LogP contribution is -2.41. The summed E-state index contributed by atoms with van der Waals surface area (Å²) in [5, 5.41) is 0. The van der Waals surface area contributed by atoms with Crippen LogP contribution in [0, 0.1) is 13.8 Å². The van der Waals surface area contributed by atoms with Crippen molar-refractivity contribution in [3.05, 3.63) is 33.3 Å². The van der Waals surface area contributed by atoms with Crippen LogP contribution in [0.5, 0.6) is 0 Å². The van der Waals surface area contributed by atoms with E-state index < -0.39 is 0 Å². The molecule has 1 aliphatic rings. The number of ketones is 1. The number of hydrogen-bond acceptors (Lipinski definition) is 2. The van der Waals surface area contributed by atoms with Gasteiger partial charge in [-0.15, -0.1) is 0 Å². The zero-order valence-corrected chi connectivity index (χ0v) is 12.8. The molecule has 1 aromatic carbocycles. The highest BCUT2D eigenvalue weighted by Gasteiger charge is 2.39. The molecule has 0 aliphatic heterocycles. The van der Waals surface area contributed by atoms with Gasteiger partial charge in [-0.2, -0.15) is 0 Å². The summed E-state index contributed by atoms with van der Waals surface area (Å²) in [6.07, 6.45) is 3.68. The molecule has 0 N–H and O–H groups in total. The average Bonchev–Trinajstić information content (AvgIpc) is 2.28. The smallest absolute Gasteiger partial charge is 0.166 e. The Morgan fingerprint density at radius 1 is 1.33 bits per heavy atom. The maximum Gasteiger partial charge on any atom is 0.166 e. The molecule has 0 unspecified atom stereocenters. The van der Waals surface area contributed by atoms with Gasteiger partial charge in [0.1, 0.15) is 0 Å². The second-order valence-corrected chi connectivity index (χ2v) is 6.11. The minimum Gasteiger partial charge on any atom is -0.378 e. The van der Waals surface area contributed by atoms with Crippen molar-refractivity contribution in [1.82, 2.24) is 0 Å². The molecule has 1 aliphatic carbocycles. The van der Waals surface area contributed by atoms with Crippen molar-refractivity contribution in [3.8, 4) is 0 Å². The topological polar surface area (TPSA) is 26.3 Å². The van der Waals surface area contributed by atoms with Crippen LogP contribution in [0.2, 0.25) is 0 Å². The van der Waals surface area contributed by atoms with Gasteiger partial charge in [-0.05, 0) is 56.4 Å². The molecule has 0 heterocycles. The standard InChI is InChI=1S/C15H19BrO2/c1-10-8-13(16)11(2)7-12(10)14(17)9-15(18-3)5-4-6-15/h7-8H,4-6,9H2,1-3H3. The third kappa shape index (κ3) is 2.52. The lowest BCUT2D eigenvalue weighted by atomic mass is 9.75. The van der Waals surface area contributed by atoms with Gasteiger partial charge in [0.05, 0.1) is 5.60 Å². The third-order valence-corrected chi connectivity index (χ3v) is 4.84. The first-order valence-corrected chi connectivity index (χ1v) is 7.12. The fourth-order valence-electron chi connectivity index (χ4n) is 2.49. The number of ether oxygens (including phenoxy) is 1. The second kappa shape index (κ2) is 5.14. The quantitative estimate of drug-likeness (QED) is 0.779. The molecule has 0 amide bonds. The Balaban J connectivity index is 2.21. The Kier molecular flexibility index (Phi) is 3.93. The number of carbonyl (C=O) groups excluding carboxylic acids is 1. The first-order valence-electron chi connectivity index (χ1n) is 6.32. The van der Waals surface area contributed by atoms with Crippen molar-refractivity contribution in [2.24, 2.45) is 0 Å². The molecule has 0 bridgehead atoms. The molecule has 1 fully saturated rings. The Hall–Kier alpha value is -0.670. The van der Waals surface area contributed by atoms with Crippen LogP contribution in [-0.4, -0.2) is 18.5 Å². The summed E-state index contributed by atoms with van der Waals surface area (Å²) in [5.41, 5.74) is 2.77. The maximum absolute atomic E-state index is 12.4. The molecule has 0 radical (unpaired) electrons. The minimum atomic E-state index is -0.190. The molecule has 1 aromatic rings. The first kappa shape index (κ1) is 13.8. The molecule has 0 saturated heterocycles. The highest BCUT2D eigenvalue weighted by atomic mass is 79.9. The summed E-state index contributed by atoms with van der Waals surface area (Å²) < 4.78 is 6.59. The van der Waals surface area contributed by atoms with Gasteiger partial charge in [-0.25, -0.2) is 0 Å².